The van der Waals surface area contributed by atoms with E-state index in [4.69, 9.17) is 21.1 Å². The molecule has 2 aliphatic heterocycles. The van der Waals surface area contributed by atoms with Crippen LogP contribution in [0, 0.1) is 0 Å². The van der Waals surface area contributed by atoms with Gasteiger partial charge in [-0.15, -0.1) is 0 Å². The van der Waals surface area contributed by atoms with Gasteiger partial charge in [0.1, 0.15) is 5.75 Å². The fourth-order valence-electron chi connectivity index (χ4n) is 2.53. The summed E-state index contributed by atoms with van der Waals surface area (Å²) in [5.74, 6) is -0.591. The topological polar surface area (TPSA) is 76.7 Å². The molecular formula is C15H17ClN2O4. The maximum Gasteiger partial charge on any atom is 0.278 e. The van der Waals surface area contributed by atoms with E-state index in [2.05, 4.69) is 10.6 Å². The molecule has 6 nitrogen and oxygen atoms in total. The summed E-state index contributed by atoms with van der Waals surface area (Å²) >= 11 is 5.88. The van der Waals surface area contributed by atoms with E-state index in [1.54, 1.807) is 18.2 Å². The van der Waals surface area contributed by atoms with Crippen molar-refractivity contribution in [1.29, 1.82) is 0 Å². The molecule has 0 unspecified atom stereocenters. The Hall–Kier alpha value is -1.79. The van der Waals surface area contributed by atoms with Gasteiger partial charge in [0.25, 0.3) is 17.4 Å². The van der Waals surface area contributed by atoms with E-state index in [1.165, 1.54) is 6.92 Å². The molecule has 118 valence electrons. The van der Waals surface area contributed by atoms with Crippen LogP contribution in [-0.2, 0) is 14.3 Å². The van der Waals surface area contributed by atoms with Gasteiger partial charge in [0, 0.05) is 18.2 Å². The molecule has 2 amide bonds. The summed E-state index contributed by atoms with van der Waals surface area (Å²) in [5, 5.41) is 5.87. The number of carbonyl (C=O) groups excluding carboxylic acids is 2. The Bertz CT molecular complexity index is 616. The highest BCUT2D eigenvalue weighted by Gasteiger charge is 2.47. The minimum absolute atomic E-state index is 0.00490. The van der Waals surface area contributed by atoms with Crippen LogP contribution < -0.4 is 15.4 Å². The maximum atomic E-state index is 12.4. The largest absolute Gasteiger partial charge is 0.466 e. The van der Waals surface area contributed by atoms with Crippen molar-refractivity contribution in [1.82, 2.24) is 5.32 Å². The first-order valence-corrected chi connectivity index (χ1v) is 7.57. The number of rotatable bonds is 3. The quantitative estimate of drug-likeness (QED) is 0.830. The van der Waals surface area contributed by atoms with Gasteiger partial charge in [0.05, 0.1) is 11.8 Å². The summed E-state index contributed by atoms with van der Waals surface area (Å²) in [6, 6.07) is 4.85. The Balaban J connectivity index is 1.72. The van der Waals surface area contributed by atoms with Crippen LogP contribution in [0.15, 0.2) is 18.2 Å². The fourth-order valence-corrected chi connectivity index (χ4v) is 2.70. The molecule has 22 heavy (non-hydrogen) atoms. The third-order valence-corrected chi connectivity index (χ3v) is 4.12. The van der Waals surface area contributed by atoms with Crippen LogP contribution in [0.4, 0.5) is 5.69 Å². The third kappa shape index (κ3) is 2.76. The first kappa shape index (κ1) is 15.1. The second-order valence-corrected chi connectivity index (χ2v) is 6.01. The minimum Gasteiger partial charge on any atom is -0.466 e. The zero-order valence-electron chi connectivity index (χ0n) is 12.1. The fraction of sp³-hybridized carbons (Fsp3) is 0.467. The highest BCUT2D eigenvalue weighted by atomic mass is 35.5. The summed E-state index contributed by atoms with van der Waals surface area (Å²) < 4.78 is 11.1. The first-order chi connectivity index (χ1) is 10.5. The minimum atomic E-state index is -1.61. The molecule has 7 heteroatoms. The van der Waals surface area contributed by atoms with E-state index < -0.39 is 17.4 Å². The molecule has 0 aromatic heterocycles. The molecule has 0 spiro atoms. The Labute approximate surface area is 133 Å². The number of fused-ring (bicyclic) bond motifs is 1. The van der Waals surface area contributed by atoms with Crippen molar-refractivity contribution in [3.05, 3.63) is 23.2 Å². The van der Waals surface area contributed by atoms with E-state index in [0.29, 0.717) is 29.6 Å². The smallest absolute Gasteiger partial charge is 0.278 e. The second-order valence-electron chi connectivity index (χ2n) is 5.57. The van der Waals surface area contributed by atoms with E-state index in [-0.39, 0.29) is 6.10 Å². The third-order valence-electron chi connectivity index (χ3n) is 3.88. The van der Waals surface area contributed by atoms with Crippen molar-refractivity contribution in [2.45, 2.75) is 31.5 Å². The molecule has 0 bridgehead atoms. The molecule has 1 fully saturated rings. The Morgan fingerprint density at radius 2 is 2.36 bits per heavy atom. The molecule has 3 rings (SSSR count). The summed E-state index contributed by atoms with van der Waals surface area (Å²) in [7, 11) is 0. The van der Waals surface area contributed by atoms with Gasteiger partial charge in [0.2, 0.25) is 0 Å². The number of hydrogen-bond acceptors (Lipinski definition) is 4. The number of hydrogen-bond donors (Lipinski definition) is 2. The Kier molecular flexibility index (Phi) is 3.97. The molecule has 1 saturated heterocycles. The highest BCUT2D eigenvalue weighted by Crippen LogP contribution is 2.35. The normalized spacial score (nSPS) is 26.8. The van der Waals surface area contributed by atoms with E-state index in [1.807, 2.05) is 0 Å². The number of amides is 2. The van der Waals surface area contributed by atoms with Gasteiger partial charge >= 0.3 is 0 Å². The van der Waals surface area contributed by atoms with Gasteiger partial charge < -0.3 is 20.1 Å². The van der Waals surface area contributed by atoms with Crippen molar-refractivity contribution in [3.63, 3.8) is 0 Å². The number of carbonyl (C=O) groups is 2. The van der Waals surface area contributed by atoms with E-state index >= 15 is 0 Å². The molecule has 1 aromatic rings. The molecule has 1 aromatic carbocycles. The molecule has 2 heterocycles. The van der Waals surface area contributed by atoms with Gasteiger partial charge in [-0.3, -0.25) is 9.59 Å². The Morgan fingerprint density at radius 1 is 1.55 bits per heavy atom. The first-order valence-electron chi connectivity index (χ1n) is 7.19. The van der Waals surface area contributed by atoms with Crippen molar-refractivity contribution in [2.75, 3.05) is 18.5 Å². The predicted molar refractivity (Wildman–Crippen MR) is 81.1 cm³/mol. The van der Waals surface area contributed by atoms with Crippen LogP contribution in [-0.4, -0.2) is 36.7 Å². The summed E-state index contributed by atoms with van der Waals surface area (Å²) in [6.07, 6.45) is 1.90. The molecule has 2 aliphatic rings. The summed E-state index contributed by atoms with van der Waals surface area (Å²) in [5.41, 5.74) is -1.15. The zero-order chi connectivity index (χ0) is 15.7. The highest BCUT2D eigenvalue weighted by molar-refractivity contribution is 6.31. The van der Waals surface area contributed by atoms with Gasteiger partial charge in [-0.25, -0.2) is 0 Å². The van der Waals surface area contributed by atoms with Crippen LogP contribution in [0.5, 0.6) is 5.75 Å². The Morgan fingerprint density at radius 3 is 3.09 bits per heavy atom. The number of anilines is 1. The lowest BCUT2D eigenvalue weighted by molar-refractivity contribution is -0.147. The molecule has 0 radical (unpaired) electrons. The molecule has 0 aliphatic carbocycles. The average Bonchev–Trinajstić information content (AvgIpc) is 2.99. The lowest BCUT2D eigenvalue weighted by Crippen LogP contribution is -2.59. The van der Waals surface area contributed by atoms with Gasteiger partial charge in [-0.05, 0) is 38.0 Å². The van der Waals surface area contributed by atoms with Gasteiger partial charge in [-0.1, -0.05) is 11.6 Å². The van der Waals surface area contributed by atoms with Crippen LogP contribution in [0.3, 0.4) is 0 Å². The number of halogens is 1. The number of nitrogens with one attached hydrogen (secondary N) is 2. The van der Waals surface area contributed by atoms with Crippen LogP contribution in [0.25, 0.3) is 0 Å². The number of ether oxygens (including phenoxy) is 2. The van der Waals surface area contributed by atoms with Crippen LogP contribution in [0.1, 0.15) is 19.8 Å². The van der Waals surface area contributed by atoms with Crippen molar-refractivity contribution in [3.8, 4) is 5.75 Å². The van der Waals surface area contributed by atoms with Crippen molar-refractivity contribution >= 4 is 29.1 Å². The zero-order valence-corrected chi connectivity index (χ0v) is 12.9. The van der Waals surface area contributed by atoms with Crippen LogP contribution >= 0.6 is 11.6 Å². The average molecular weight is 325 g/mol. The standard InChI is InChI=1S/C15H17ClN2O4/c1-15(13(19)17-8-10-3-2-6-21-10)14(20)18-11-7-9(16)4-5-12(11)22-15/h4-5,7,10H,2-3,6,8H2,1H3,(H,17,19)(H,18,20)/t10-,15-/m1/s1. The molecule has 0 saturated carbocycles. The van der Waals surface area contributed by atoms with Crippen molar-refractivity contribution < 1.29 is 19.1 Å². The van der Waals surface area contributed by atoms with Crippen LogP contribution in [0.2, 0.25) is 5.02 Å². The van der Waals surface area contributed by atoms with Crippen molar-refractivity contribution in [2.24, 2.45) is 0 Å². The number of benzene rings is 1. The summed E-state index contributed by atoms with van der Waals surface area (Å²) in [6.45, 7) is 2.53. The lowest BCUT2D eigenvalue weighted by atomic mass is 10.0. The van der Waals surface area contributed by atoms with Gasteiger partial charge in [-0.2, -0.15) is 0 Å². The van der Waals surface area contributed by atoms with E-state index in [9.17, 15) is 9.59 Å². The molecular weight excluding hydrogens is 308 g/mol. The van der Waals surface area contributed by atoms with E-state index in [0.717, 1.165) is 12.8 Å². The monoisotopic (exact) mass is 324 g/mol. The summed E-state index contributed by atoms with van der Waals surface area (Å²) in [4.78, 5) is 24.6. The molecule has 2 atom stereocenters. The lowest BCUT2D eigenvalue weighted by Gasteiger charge is -2.33. The predicted octanol–water partition coefficient (Wildman–Crippen LogP) is 1.72. The van der Waals surface area contributed by atoms with Gasteiger partial charge in [0.15, 0.2) is 0 Å². The molecule has 2 N–H and O–H groups in total. The maximum absolute atomic E-state index is 12.4. The second kappa shape index (κ2) is 5.78. The SMILES string of the molecule is C[C@]1(C(=O)NC[C@H]2CCCO2)Oc2ccc(Cl)cc2NC1=O.